The van der Waals surface area contributed by atoms with Gasteiger partial charge in [0.25, 0.3) is 10.2 Å². The molecular weight excluding hydrogens is 521 g/mol. The van der Waals surface area contributed by atoms with E-state index in [1.54, 1.807) is 12.4 Å². The first-order valence-corrected chi connectivity index (χ1v) is 13.6. The second-order valence-corrected chi connectivity index (χ2v) is 11.9. The van der Waals surface area contributed by atoms with Crippen LogP contribution in [0.1, 0.15) is 23.8 Å². The molecule has 0 amide bonds. The number of hydrogen-bond acceptors (Lipinski definition) is 8. The van der Waals surface area contributed by atoms with Crippen molar-refractivity contribution in [2.45, 2.75) is 31.2 Å². The second kappa shape index (κ2) is 9.54. The summed E-state index contributed by atoms with van der Waals surface area (Å²) in [6, 6.07) is 1.85. The molecule has 0 aromatic carbocycles. The smallest absolute Gasteiger partial charge is 0.395 e. The first kappa shape index (κ1) is 25.4. The molecule has 0 bridgehead atoms. The van der Waals surface area contributed by atoms with E-state index in [0.29, 0.717) is 35.0 Å². The molecule has 5 rings (SSSR count). The highest BCUT2D eigenvalue weighted by Gasteiger charge is 2.45. The number of thiazole rings is 1. The second-order valence-electron chi connectivity index (χ2n) is 9.07. The van der Waals surface area contributed by atoms with E-state index in [1.165, 1.54) is 4.31 Å². The number of aliphatic hydroxyl groups excluding tert-OH is 2. The molecule has 5 N–H and O–H groups in total. The third kappa shape index (κ3) is 4.82. The third-order valence-electron chi connectivity index (χ3n) is 6.72. The molecule has 0 spiro atoms. The Morgan fingerprint density at radius 3 is 2.61 bits per heavy atom. The summed E-state index contributed by atoms with van der Waals surface area (Å²) in [5.74, 6) is 0.321. The molecule has 36 heavy (non-hydrogen) atoms. The number of anilines is 1. The van der Waals surface area contributed by atoms with Crippen molar-refractivity contribution >= 4 is 38.3 Å². The van der Waals surface area contributed by atoms with Crippen molar-refractivity contribution in [1.29, 1.82) is 0 Å². The molecule has 4 atom stereocenters. The summed E-state index contributed by atoms with van der Waals surface area (Å²) < 4.78 is 67.6. The number of rotatable bonds is 8. The van der Waals surface area contributed by atoms with Crippen LogP contribution in [0.5, 0.6) is 0 Å². The zero-order valence-electron chi connectivity index (χ0n) is 18.9. The van der Waals surface area contributed by atoms with Gasteiger partial charge in [0, 0.05) is 49.7 Å². The van der Waals surface area contributed by atoms with Gasteiger partial charge in [-0.1, -0.05) is 0 Å². The number of aromatic nitrogens is 3. The third-order valence-corrected chi connectivity index (χ3v) is 9.35. The first-order chi connectivity index (χ1) is 17.1. The minimum absolute atomic E-state index is 0.0229. The molecule has 2 unspecified atom stereocenters. The number of pyridine rings is 1. The lowest BCUT2D eigenvalue weighted by molar-refractivity contribution is -0.205. The van der Waals surface area contributed by atoms with Gasteiger partial charge >= 0.3 is 6.18 Å². The predicted octanol–water partition coefficient (Wildman–Crippen LogP) is 2.23. The average Bonchev–Trinajstić information content (AvgIpc) is 3.59. The van der Waals surface area contributed by atoms with Crippen LogP contribution in [0.2, 0.25) is 0 Å². The highest BCUT2D eigenvalue weighted by Crippen LogP contribution is 2.44. The number of aliphatic hydroxyl groups is 2. The molecule has 15 heteroatoms. The highest BCUT2D eigenvalue weighted by atomic mass is 32.2. The monoisotopic (exact) mass is 546 g/mol. The molecule has 1 aliphatic carbocycles. The van der Waals surface area contributed by atoms with Crippen molar-refractivity contribution in [3.05, 3.63) is 29.5 Å². The summed E-state index contributed by atoms with van der Waals surface area (Å²) in [5.41, 5.74) is 1.82. The van der Waals surface area contributed by atoms with E-state index in [0.717, 1.165) is 35.8 Å². The van der Waals surface area contributed by atoms with E-state index in [2.05, 4.69) is 25.0 Å². The molecule has 0 radical (unpaired) electrons. The first-order valence-electron chi connectivity index (χ1n) is 11.4. The van der Waals surface area contributed by atoms with Crippen molar-refractivity contribution in [2.24, 2.45) is 11.8 Å². The Kier molecular flexibility index (Phi) is 6.72. The minimum atomic E-state index is -4.79. The average molecular weight is 547 g/mol. The minimum Gasteiger partial charge on any atom is -0.395 e. The molecule has 2 aliphatic rings. The maximum absolute atomic E-state index is 13.0. The summed E-state index contributed by atoms with van der Waals surface area (Å²) in [4.78, 5) is 11.2. The lowest BCUT2D eigenvalue weighted by Crippen LogP contribution is -2.41. The maximum atomic E-state index is 13.0. The van der Waals surface area contributed by atoms with E-state index in [4.69, 9.17) is 5.11 Å². The van der Waals surface area contributed by atoms with E-state index in [-0.39, 0.29) is 35.9 Å². The Balaban J connectivity index is 1.36. The Morgan fingerprint density at radius 2 is 1.94 bits per heavy atom. The molecule has 1 saturated carbocycles. The van der Waals surface area contributed by atoms with Gasteiger partial charge in [0.05, 0.1) is 22.7 Å². The molecule has 1 aliphatic heterocycles. The normalized spacial score (nSPS) is 23.9. The highest BCUT2D eigenvalue weighted by molar-refractivity contribution is 7.87. The van der Waals surface area contributed by atoms with Gasteiger partial charge in [-0.05, 0) is 30.7 Å². The Hall–Kier alpha value is -2.30. The number of halogens is 3. The number of nitrogens with one attached hydrogen (secondary N) is 3. The van der Waals surface area contributed by atoms with Crippen LogP contribution >= 0.6 is 11.3 Å². The van der Waals surface area contributed by atoms with Gasteiger partial charge in [0.2, 0.25) is 0 Å². The lowest BCUT2D eigenvalue weighted by atomic mass is 10.0. The molecule has 3 aromatic heterocycles. The van der Waals surface area contributed by atoms with E-state index >= 15 is 0 Å². The molecule has 1 saturated heterocycles. The van der Waals surface area contributed by atoms with Gasteiger partial charge in [0.15, 0.2) is 6.10 Å². The summed E-state index contributed by atoms with van der Waals surface area (Å²) >= 11 is 0.761. The quantitative estimate of drug-likeness (QED) is 0.292. The van der Waals surface area contributed by atoms with E-state index in [1.807, 2.05) is 6.07 Å². The molecule has 2 fully saturated rings. The number of hydrogen-bond donors (Lipinski definition) is 5. The number of nitrogens with zero attached hydrogens (tertiary/aromatic N) is 3. The molecule has 3 aromatic rings. The fourth-order valence-corrected chi connectivity index (χ4v) is 7.32. The van der Waals surface area contributed by atoms with Crippen LogP contribution in [0.15, 0.2) is 24.7 Å². The van der Waals surface area contributed by atoms with Gasteiger partial charge in [-0.3, -0.25) is 0 Å². The van der Waals surface area contributed by atoms with Crippen molar-refractivity contribution in [1.82, 2.24) is 24.0 Å². The maximum Gasteiger partial charge on any atom is 0.419 e. The van der Waals surface area contributed by atoms with Crippen LogP contribution < -0.4 is 10.0 Å². The number of fused-ring (bicyclic) bond motifs is 2. The molecular formula is C21H25F3N6O4S2. The van der Waals surface area contributed by atoms with Crippen molar-refractivity contribution in [3.63, 3.8) is 0 Å². The van der Waals surface area contributed by atoms with Gasteiger partial charge in [0.1, 0.15) is 10.7 Å². The van der Waals surface area contributed by atoms with Crippen LogP contribution in [0, 0.1) is 11.8 Å². The van der Waals surface area contributed by atoms with E-state index in [9.17, 15) is 26.7 Å². The Labute approximate surface area is 208 Å². The Bertz CT molecular complexity index is 1330. The van der Waals surface area contributed by atoms with Gasteiger partial charge in [-0.15, -0.1) is 11.3 Å². The van der Waals surface area contributed by atoms with Crippen molar-refractivity contribution in [3.8, 4) is 10.6 Å². The van der Waals surface area contributed by atoms with Gasteiger partial charge < -0.3 is 20.5 Å². The van der Waals surface area contributed by atoms with Crippen LogP contribution in [-0.2, 0) is 10.2 Å². The van der Waals surface area contributed by atoms with Crippen LogP contribution in [0.3, 0.4) is 0 Å². The summed E-state index contributed by atoms with van der Waals surface area (Å²) in [6.45, 7) is 0.465. The SMILES string of the molecule is O=S(=O)(NCCO)N1C[C@H]2CC(Nc3c(-c4ncc(C(O)C(F)(F)F)s4)cnc4[nH]ccc34)C[C@H]2C1. The van der Waals surface area contributed by atoms with Gasteiger partial charge in [-0.2, -0.15) is 30.6 Å². The van der Waals surface area contributed by atoms with Crippen LogP contribution in [-0.4, -0.2) is 76.3 Å². The summed E-state index contributed by atoms with van der Waals surface area (Å²) in [5, 5.41) is 23.1. The zero-order chi connectivity index (χ0) is 25.7. The fourth-order valence-electron chi connectivity index (χ4n) is 5.07. The Morgan fingerprint density at radius 1 is 1.22 bits per heavy atom. The topological polar surface area (TPSA) is 143 Å². The number of alkyl halides is 3. The van der Waals surface area contributed by atoms with Gasteiger partial charge in [-0.25, -0.2) is 9.97 Å². The summed E-state index contributed by atoms with van der Waals surface area (Å²) in [6.07, 6.45) is -1.66. The van der Waals surface area contributed by atoms with Crippen LogP contribution in [0.25, 0.3) is 21.6 Å². The predicted molar refractivity (Wildman–Crippen MR) is 127 cm³/mol. The zero-order valence-corrected chi connectivity index (χ0v) is 20.5. The van der Waals surface area contributed by atoms with Crippen molar-refractivity contribution in [2.75, 3.05) is 31.6 Å². The number of aromatic amines is 1. The fraction of sp³-hybridized carbons (Fsp3) is 0.524. The summed E-state index contributed by atoms with van der Waals surface area (Å²) in [7, 11) is -3.64. The van der Waals surface area contributed by atoms with E-state index < -0.39 is 22.5 Å². The lowest BCUT2D eigenvalue weighted by Gasteiger charge is -2.21. The van der Waals surface area contributed by atoms with Crippen molar-refractivity contribution < 1.29 is 31.8 Å². The largest absolute Gasteiger partial charge is 0.419 e. The van der Waals surface area contributed by atoms with Crippen LogP contribution in [0.4, 0.5) is 18.9 Å². The standard InChI is InChI=1S/C21H25F3N6O4S2/c22-21(23,24)18(32)16-8-27-20(35-16)15-7-26-19-14(1-2-25-19)17(15)29-13-5-11-9-30(10-12(11)6-13)36(33,34)28-3-4-31/h1-2,7-8,11-13,18,28,31-32H,3-6,9-10H2,(H2,25,26,29)/t11-,12+,13?,18?. The molecule has 196 valence electrons. The molecule has 4 heterocycles. The number of H-pyrrole nitrogens is 1. The molecule has 10 nitrogen and oxygen atoms in total.